The van der Waals surface area contributed by atoms with Crippen molar-refractivity contribution in [2.45, 2.75) is 11.4 Å². The van der Waals surface area contributed by atoms with Gasteiger partial charge in [0.25, 0.3) is 5.22 Å². The highest BCUT2D eigenvalue weighted by atomic mass is 35.5. The molecular formula is C16H10ClF3N2O2S. The van der Waals surface area contributed by atoms with E-state index < -0.39 is 17.6 Å². The molecular weight excluding hydrogens is 377 g/mol. The predicted molar refractivity (Wildman–Crippen MR) is 89.8 cm³/mol. The molecule has 1 aromatic heterocycles. The number of carbonyl (C=O) groups excluding carboxylic acids is 1. The van der Waals surface area contributed by atoms with E-state index in [1.807, 2.05) is 0 Å². The molecule has 0 saturated heterocycles. The quantitative estimate of drug-likeness (QED) is 0.624. The summed E-state index contributed by atoms with van der Waals surface area (Å²) in [5, 5.41) is 3.21. The van der Waals surface area contributed by atoms with E-state index in [0.29, 0.717) is 16.1 Å². The van der Waals surface area contributed by atoms with E-state index in [9.17, 15) is 18.0 Å². The standard InChI is InChI=1S/C16H10ClF3N2O2S/c17-10-4-5-13-12(7-10)22-15(24-13)25-8-14(23)21-11-3-1-2-9(6-11)16(18,19)20/h1-7H,8H2,(H,21,23). The van der Waals surface area contributed by atoms with Crippen LogP contribution in [0.3, 0.4) is 0 Å². The van der Waals surface area contributed by atoms with Crippen LogP contribution in [0.2, 0.25) is 5.02 Å². The van der Waals surface area contributed by atoms with Crippen molar-refractivity contribution >= 4 is 46.1 Å². The number of amides is 1. The Labute approximate surface area is 149 Å². The average Bonchev–Trinajstić information content (AvgIpc) is 2.94. The van der Waals surface area contributed by atoms with Gasteiger partial charge in [-0.3, -0.25) is 4.79 Å². The molecule has 25 heavy (non-hydrogen) atoms. The minimum Gasteiger partial charge on any atom is -0.431 e. The van der Waals surface area contributed by atoms with Crippen LogP contribution < -0.4 is 5.32 Å². The lowest BCUT2D eigenvalue weighted by Crippen LogP contribution is -2.15. The van der Waals surface area contributed by atoms with Crippen LogP contribution in [0.4, 0.5) is 18.9 Å². The summed E-state index contributed by atoms with van der Waals surface area (Å²) in [4.78, 5) is 16.1. The van der Waals surface area contributed by atoms with Crippen molar-refractivity contribution in [3.8, 4) is 0 Å². The molecule has 0 aliphatic heterocycles. The Kier molecular flexibility index (Phi) is 4.91. The van der Waals surface area contributed by atoms with Crippen molar-refractivity contribution in [2.24, 2.45) is 0 Å². The molecule has 0 radical (unpaired) electrons. The zero-order valence-corrected chi connectivity index (χ0v) is 14.0. The molecule has 0 aliphatic rings. The van der Waals surface area contributed by atoms with Gasteiger partial charge < -0.3 is 9.73 Å². The lowest BCUT2D eigenvalue weighted by atomic mass is 10.2. The summed E-state index contributed by atoms with van der Waals surface area (Å²) >= 11 is 6.89. The number of hydrogen-bond donors (Lipinski definition) is 1. The third-order valence-electron chi connectivity index (χ3n) is 3.13. The molecule has 3 rings (SSSR count). The van der Waals surface area contributed by atoms with Gasteiger partial charge in [-0.05, 0) is 36.4 Å². The van der Waals surface area contributed by atoms with Crippen molar-refractivity contribution in [2.75, 3.05) is 11.1 Å². The number of alkyl halides is 3. The van der Waals surface area contributed by atoms with E-state index in [1.54, 1.807) is 18.2 Å². The van der Waals surface area contributed by atoms with E-state index in [0.717, 1.165) is 23.9 Å². The SMILES string of the molecule is O=C(CSc1nc2cc(Cl)ccc2o1)Nc1cccc(C(F)(F)F)c1. The zero-order valence-electron chi connectivity index (χ0n) is 12.4. The molecule has 3 aromatic rings. The molecule has 130 valence electrons. The molecule has 9 heteroatoms. The third-order valence-corrected chi connectivity index (χ3v) is 4.19. The fourth-order valence-electron chi connectivity index (χ4n) is 2.04. The Morgan fingerprint density at radius 1 is 1.24 bits per heavy atom. The van der Waals surface area contributed by atoms with Gasteiger partial charge in [0.05, 0.1) is 11.3 Å². The van der Waals surface area contributed by atoms with E-state index in [4.69, 9.17) is 16.0 Å². The number of oxazole rings is 1. The fourth-order valence-corrected chi connectivity index (χ4v) is 2.84. The molecule has 1 N–H and O–H groups in total. The van der Waals surface area contributed by atoms with Crippen LogP contribution in [-0.4, -0.2) is 16.6 Å². The second-order valence-corrected chi connectivity index (χ2v) is 6.37. The Hall–Kier alpha value is -2.19. The Morgan fingerprint density at radius 2 is 2.04 bits per heavy atom. The highest BCUT2D eigenvalue weighted by molar-refractivity contribution is 7.99. The van der Waals surface area contributed by atoms with Crippen LogP contribution in [0.5, 0.6) is 0 Å². The van der Waals surface area contributed by atoms with Crippen molar-refractivity contribution in [3.63, 3.8) is 0 Å². The minimum absolute atomic E-state index is 0.0587. The smallest absolute Gasteiger partial charge is 0.416 e. The summed E-state index contributed by atoms with van der Waals surface area (Å²) < 4.78 is 43.4. The number of nitrogens with one attached hydrogen (secondary N) is 1. The summed E-state index contributed by atoms with van der Waals surface area (Å²) in [5.74, 6) is -0.527. The van der Waals surface area contributed by atoms with Crippen LogP contribution in [0.1, 0.15) is 5.56 Å². The third kappa shape index (κ3) is 4.46. The van der Waals surface area contributed by atoms with Crippen LogP contribution in [0.25, 0.3) is 11.1 Å². The van der Waals surface area contributed by atoms with Crippen molar-refractivity contribution in [1.29, 1.82) is 0 Å². The van der Waals surface area contributed by atoms with Crippen molar-refractivity contribution < 1.29 is 22.4 Å². The van der Waals surface area contributed by atoms with E-state index in [1.165, 1.54) is 12.1 Å². The molecule has 0 unspecified atom stereocenters. The first-order chi connectivity index (χ1) is 11.8. The van der Waals surface area contributed by atoms with E-state index in [2.05, 4.69) is 10.3 Å². The topological polar surface area (TPSA) is 55.1 Å². The summed E-state index contributed by atoms with van der Waals surface area (Å²) in [7, 11) is 0. The van der Waals surface area contributed by atoms with Gasteiger partial charge in [0, 0.05) is 10.7 Å². The Morgan fingerprint density at radius 3 is 2.80 bits per heavy atom. The largest absolute Gasteiger partial charge is 0.431 e. The maximum Gasteiger partial charge on any atom is 0.416 e. The van der Waals surface area contributed by atoms with Gasteiger partial charge in [-0.15, -0.1) is 0 Å². The number of anilines is 1. The molecule has 0 fully saturated rings. The van der Waals surface area contributed by atoms with Gasteiger partial charge in [0.15, 0.2) is 5.58 Å². The first-order valence-corrected chi connectivity index (χ1v) is 8.33. The molecule has 0 atom stereocenters. The van der Waals surface area contributed by atoms with Gasteiger partial charge in [-0.25, -0.2) is 4.98 Å². The number of thioether (sulfide) groups is 1. The summed E-state index contributed by atoms with van der Waals surface area (Å²) in [5.41, 5.74) is 0.344. The second kappa shape index (κ2) is 6.97. The van der Waals surface area contributed by atoms with E-state index in [-0.39, 0.29) is 16.7 Å². The number of fused-ring (bicyclic) bond motifs is 1. The maximum absolute atomic E-state index is 12.7. The number of rotatable bonds is 4. The molecule has 2 aromatic carbocycles. The molecule has 1 heterocycles. The van der Waals surface area contributed by atoms with Gasteiger partial charge in [-0.2, -0.15) is 13.2 Å². The Balaban J connectivity index is 1.62. The molecule has 0 spiro atoms. The molecule has 1 amide bonds. The molecule has 0 saturated carbocycles. The maximum atomic E-state index is 12.7. The van der Waals surface area contributed by atoms with Crippen LogP contribution in [-0.2, 0) is 11.0 Å². The second-order valence-electron chi connectivity index (χ2n) is 5.01. The summed E-state index contributed by atoms with van der Waals surface area (Å²) in [6, 6.07) is 9.39. The number of halogens is 4. The van der Waals surface area contributed by atoms with Crippen molar-refractivity contribution in [3.05, 3.63) is 53.1 Å². The number of aromatic nitrogens is 1. The predicted octanol–water partition coefficient (Wildman–Crippen LogP) is 5.23. The Bertz CT molecular complexity index is 927. The van der Waals surface area contributed by atoms with Crippen molar-refractivity contribution in [1.82, 2.24) is 4.98 Å². The molecule has 0 aliphatic carbocycles. The number of nitrogens with zero attached hydrogens (tertiary/aromatic N) is 1. The zero-order chi connectivity index (χ0) is 18.0. The highest BCUT2D eigenvalue weighted by Crippen LogP contribution is 2.31. The highest BCUT2D eigenvalue weighted by Gasteiger charge is 2.30. The summed E-state index contributed by atoms with van der Waals surface area (Å²) in [6.07, 6.45) is -4.46. The molecule has 4 nitrogen and oxygen atoms in total. The fraction of sp³-hybridized carbons (Fsp3) is 0.125. The van der Waals surface area contributed by atoms with Crippen LogP contribution in [0, 0.1) is 0 Å². The van der Waals surface area contributed by atoms with Crippen LogP contribution >= 0.6 is 23.4 Å². The number of benzene rings is 2. The first-order valence-electron chi connectivity index (χ1n) is 6.97. The van der Waals surface area contributed by atoms with E-state index >= 15 is 0 Å². The lowest BCUT2D eigenvalue weighted by Gasteiger charge is -2.09. The normalized spacial score (nSPS) is 11.7. The molecule has 0 bridgehead atoms. The number of hydrogen-bond acceptors (Lipinski definition) is 4. The lowest BCUT2D eigenvalue weighted by molar-refractivity contribution is -0.137. The summed E-state index contributed by atoms with van der Waals surface area (Å²) in [6.45, 7) is 0. The number of carbonyl (C=O) groups is 1. The first kappa shape index (κ1) is 17.6. The van der Waals surface area contributed by atoms with Gasteiger partial charge in [-0.1, -0.05) is 29.4 Å². The van der Waals surface area contributed by atoms with Crippen LogP contribution in [0.15, 0.2) is 52.1 Å². The van der Waals surface area contributed by atoms with Gasteiger partial charge in [0.1, 0.15) is 5.52 Å². The minimum atomic E-state index is -4.46. The van der Waals surface area contributed by atoms with Gasteiger partial charge in [0.2, 0.25) is 5.91 Å². The van der Waals surface area contributed by atoms with Gasteiger partial charge >= 0.3 is 6.18 Å². The average molecular weight is 387 g/mol. The monoisotopic (exact) mass is 386 g/mol.